The predicted octanol–water partition coefficient (Wildman–Crippen LogP) is 3.14. The van der Waals surface area contributed by atoms with Gasteiger partial charge in [-0.15, -0.1) is 0 Å². The molecular formula is C18H21FN2O. The average molecular weight is 300 g/mol. The minimum atomic E-state index is -0.324. The molecule has 4 heteroatoms. The second-order valence-electron chi connectivity index (χ2n) is 5.27. The number of hydrogen-bond donors (Lipinski definition) is 1. The number of benzene rings is 2. The summed E-state index contributed by atoms with van der Waals surface area (Å²) >= 11 is 0. The highest BCUT2D eigenvalue weighted by Crippen LogP contribution is 2.16. The molecule has 2 aromatic rings. The molecule has 2 N–H and O–H groups in total. The molecule has 0 aliphatic rings. The Morgan fingerprint density at radius 3 is 2.32 bits per heavy atom. The minimum Gasteiger partial charge on any atom is -0.371 e. The zero-order chi connectivity index (χ0) is 15.8. The number of rotatable bonds is 8. The molecule has 1 amide bonds. The van der Waals surface area contributed by atoms with Gasteiger partial charge >= 0.3 is 0 Å². The second kappa shape index (κ2) is 8.17. The van der Waals surface area contributed by atoms with Gasteiger partial charge < -0.3 is 10.6 Å². The maximum Gasteiger partial charge on any atom is 0.219 e. The molecule has 2 rings (SSSR count). The molecule has 0 bridgehead atoms. The van der Waals surface area contributed by atoms with Crippen LogP contribution in [-0.4, -0.2) is 19.0 Å². The zero-order valence-electron chi connectivity index (χ0n) is 12.5. The van der Waals surface area contributed by atoms with Crippen LogP contribution in [0.15, 0.2) is 54.6 Å². The van der Waals surface area contributed by atoms with Crippen LogP contribution >= 0.6 is 0 Å². The smallest absolute Gasteiger partial charge is 0.219 e. The Morgan fingerprint density at radius 1 is 1.00 bits per heavy atom. The fourth-order valence-corrected chi connectivity index (χ4v) is 2.39. The molecule has 0 saturated carbocycles. The van der Waals surface area contributed by atoms with Crippen LogP contribution in [0.2, 0.25) is 0 Å². The van der Waals surface area contributed by atoms with E-state index in [1.165, 1.54) is 17.7 Å². The summed E-state index contributed by atoms with van der Waals surface area (Å²) in [6.45, 7) is 1.35. The highest BCUT2D eigenvalue weighted by molar-refractivity contribution is 5.74. The summed E-state index contributed by atoms with van der Waals surface area (Å²) in [4.78, 5) is 13.1. The lowest BCUT2D eigenvalue weighted by Gasteiger charge is -2.24. The van der Waals surface area contributed by atoms with E-state index in [0.29, 0.717) is 13.0 Å². The Hall–Kier alpha value is -2.36. The summed E-state index contributed by atoms with van der Waals surface area (Å²) in [6.07, 6.45) is 2.22. The maximum absolute atomic E-state index is 13.0. The molecule has 0 heterocycles. The van der Waals surface area contributed by atoms with E-state index in [1.54, 1.807) is 12.1 Å². The molecule has 22 heavy (non-hydrogen) atoms. The zero-order valence-corrected chi connectivity index (χ0v) is 12.5. The third kappa shape index (κ3) is 5.20. The van der Waals surface area contributed by atoms with Crippen molar-refractivity contribution in [2.45, 2.75) is 19.3 Å². The van der Waals surface area contributed by atoms with Crippen LogP contribution in [-0.2, 0) is 11.2 Å². The Morgan fingerprint density at radius 2 is 1.68 bits per heavy atom. The third-order valence-electron chi connectivity index (χ3n) is 3.56. The Bertz CT molecular complexity index is 584. The SMILES string of the molecule is NC(=O)CCN(CCCc1ccccc1)c1ccc(F)cc1. The highest BCUT2D eigenvalue weighted by Gasteiger charge is 2.08. The van der Waals surface area contributed by atoms with Crippen molar-refractivity contribution in [3.8, 4) is 0 Å². The third-order valence-corrected chi connectivity index (χ3v) is 3.56. The summed E-state index contributed by atoms with van der Waals surface area (Å²) < 4.78 is 13.0. The molecule has 0 saturated heterocycles. The van der Waals surface area contributed by atoms with Gasteiger partial charge in [-0.2, -0.15) is 0 Å². The van der Waals surface area contributed by atoms with Crippen molar-refractivity contribution in [1.82, 2.24) is 0 Å². The van der Waals surface area contributed by atoms with Gasteiger partial charge in [0.15, 0.2) is 0 Å². The van der Waals surface area contributed by atoms with E-state index < -0.39 is 0 Å². The molecule has 0 atom stereocenters. The molecule has 0 spiro atoms. The van der Waals surface area contributed by atoms with E-state index >= 15 is 0 Å². The molecule has 0 aliphatic carbocycles. The van der Waals surface area contributed by atoms with Crippen molar-refractivity contribution < 1.29 is 9.18 Å². The first kappa shape index (κ1) is 16.0. The van der Waals surface area contributed by atoms with Crippen molar-refractivity contribution >= 4 is 11.6 Å². The Balaban J connectivity index is 1.95. The summed E-state index contributed by atoms with van der Waals surface area (Å²) in [6, 6.07) is 16.6. The lowest BCUT2D eigenvalue weighted by Crippen LogP contribution is -2.29. The molecule has 0 fully saturated rings. The Kier molecular flexibility index (Phi) is 5.95. The topological polar surface area (TPSA) is 46.3 Å². The molecule has 116 valence electrons. The predicted molar refractivity (Wildman–Crippen MR) is 87.2 cm³/mol. The fourth-order valence-electron chi connectivity index (χ4n) is 2.39. The first-order valence-corrected chi connectivity index (χ1v) is 7.48. The van der Waals surface area contributed by atoms with E-state index in [2.05, 4.69) is 17.0 Å². The van der Waals surface area contributed by atoms with Crippen LogP contribution < -0.4 is 10.6 Å². The highest BCUT2D eigenvalue weighted by atomic mass is 19.1. The normalized spacial score (nSPS) is 10.4. The van der Waals surface area contributed by atoms with E-state index in [1.807, 2.05) is 18.2 Å². The van der Waals surface area contributed by atoms with E-state index in [9.17, 15) is 9.18 Å². The number of carbonyl (C=O) groups is 1. The summed E-state index contributed by atoms with van der Waals surface area (Å²) in [5.74, 6) is -0.585. The van der Waals surface area contributed by atoms with Crippen molar-refractivity contribution in [2.75, 3.05) is 18.0 Å². The molecule has 0 radical (unpaired) electrons. The van der Waals surface area contributed by atoms with Gasteiger partial charge in [0, 0.05) is 25.2 Å². The van der Waals surface area contributed by atoms with E-state index in [-0.39, 0.29) is 11.7 Å². The van der Waals surface area contributed by atoms with Crippen LogP contribution in [0, 0.1) is 5.82 Å². The van der Waals surface area contributed by atoms with E-state index in [0.717, 1.165) is 25.1 Å². The van der Waals surface area contributed by atoms with Crippen molar-refractivity contribution in [3.05, 3.63) is 66.0 Å². The second-order valence-corrected chi connectivity index (χ2v) is 5.27. The Labute approximate surface area is 130 Å². The van der Waals surface area contributed by atoms with Gasteiger partial charge in [-0.25, -0.2) is 4.39 Å². The van der Waals surface area contributed by atoms with Crippen molar-refractivity contribution in [1.29, 1.82) is 0 Å². The van der Waals surface area contributed by atoms with Crippen LogP contribution in [0.25, 0.3) is 0 Å². The number of hydrogen-bond acceptors (Lipinski definition) is 2. The van der Waals surface area contributed by atoms with Crippen molar-refractivity contribution in [2.24, 2.45) is 5.73 Å². The number of anilines is 1. The quantitative estimate of drug-likeness (QED) is 0.814. The van der Waals surface area contributed by atoms with Crippen LogP contribution in [0.5, 0.6) is 0 Å². The van der Waals surface area contributed by atoms with Crippen LogP contribution in [0.1, 0.15) is 18.4 Å². The minimum absolute atomic E-state index is 0.261. The van der Waals surface area contributed by atoms with Gasteiger partial charge in [0.1, 0.15) is 5.82 Å². The fraction of sp³-hybridized carbons (Fsp3) is 0.278. The molecule has 0 aromatic heterocycles. The number of primary amides is 1. The summed E-state index contributed by atoms with van der Waals surface area (Å²) in [5.41, 5.74) is 7.44. The van der Waals surface area contributed by atoms with E-state index in [4.69, 9.17) is 5.73 Å². The van der Waals surface area contributed by atoms with Gasteiger partial charge in [0.05, 0.1) is 0 Å². The largest absolute Gasteiger partial charge is 0.371 e. The number of aryl methyl sites for hydroxylation is 1. The molecule has 0 aliphatic heterocycles. The number of nitrogens with two attached hydrogens (primary N) is 1. The number of amides is 1. The lowest BCUT2D eigenvalue weighted by atomic mass is 10.1. The van der Waals surface area contributed by atoms with Crippen LogP contribution in [0.3, 0.4) is 0 Å². The lowest BCUT2D eigenvalue weighted by molar-refractivity contribution is -0.117. The first-order valence-electron chi connectivity index (χ1n) is 7.48. The van der Waals surface area contributed by atoms with Gasteiger partial charge in [-0.1, -0.05) is 30.3 Å². The van der Waals surface area contributed by atoms with Gasteiger partial charge in [-0.3, -0.25) is 4.79 Å². The van der Waals surface area contributed by atoms with Gasteiger partial charge in [0.25, 0.3) is 0 Å². The van der Waals surface area contributed by atoms with Gasteiger partial charge in [0.2, 0.25) is 5.91 Å². The number of nitrogens with zero attached hydrogens (tertiary/aromatic N) is 1. The summed E-state index contributed by atoms with van der Waals surface area (Å²) in [7, 11) is 0. The summed E-state index contributed by atoms with van der Waals surface area (Å²) in [5, 5.41) is 0. The average Bonchev–Trinajstić information content (AvgIpc) is 2.52. The number of carbonyl (C=O) groups excluding carboxylic acids is 1. The molecular weight excluding hydrogens is 279 g/mol. The maximum atomic E-state index is 13.0. The first-order chi connectivity index (χ1) is 10.6. The molecule has 3 nitrogen and oxygen atoms in total. The molecule has 0 unspecified atom stereocenters. The standard InChI is InChI=1S/C18H21FN2O/c19-16-8-10-17(11-9-16)21(14-12-18(20)22)13-4-7-15-5-2-1-3-6-15/h1-3,5-6,8-11H,4,7,12-14H2,(H2,20,22). The number of halogens is 1. The van der Waals surface area contributed by atoms with Crippen molar-refractivity contribution in [3.63, 3.8) is 0 Å². The molecule has 2 aromatic carbocycles. The van der Waals surface area contributed by atoms with Crippen LogP contribution in [0.4, 0.5) is 10.1 Å². The monoisotopic (exact) mass is 300 g/mol. The van der Waals surface area contributed by atoms with Gasteiger partial charge in [-0.05, 0) is 42.7 Å².